The number of rotatable bonds is 10. The van der Waals surface area contributed by atoms with Crippen molar-refractivity contribution in [3.8, 4) is 5.75 Å². The molecule has 31 heavy (non-hydrogen) atoms. The largest absolute Gasteiger partial charge is 0.490 e. The molecular formula is C25H45N5O. The van der Waals surface area contributed by atoms with Crippen LogP contribution < -0.4 is 15.4 Å². The van der Waals surface area contributed by atoms with E-state index in [4.69, 9.17) is 4.74 Å². The second-order valence-corrected chi connectivity index (χ2v) is 9.68. The van der Waals surface area contributed by atoms with Crippen molar-refractivity contribution in [1.82, 2.24) is 20.4 Å². The second kappa shape index (κ2) is 12.9. The zero-order valence-corrected chi connectivity index (χ0v) is 20.9. The number of likely N-dealkylation sites (N-methyl/N-ethyl adjacent to an activating group) is 1. The molecule has 0 saturated carbocycles. The van der Waals surface area contributed by atoms with E-state index >= 15 is 0 Å². The summed E-state index contributed by atoms with van der Waals surface area (Å²) in [5, 5.41) is 6.96. The number of aliphatic imine (C=N–C) groups is 1. The fraction of sp³-hybridized carbons (Fsp3) is 0.720. The molecule has 1 aromatic rings. The average Bonchev–Trinajstić information content (AvgIpc) is 2.70. The summed E-state index contributed by atoms with van der Waals surface area (Å²) >= 11 is 0. The molecule has 0 bridgehead atoms. The molecule has 1 fully saturated rings. The molecule has 0 aliphatic carbocycles. The lowest BCUT2D eigenvalue weighted by Crippen LogP contribution is -2.47. The topological polar surface area (TPSA) is 52.1 Å². The van der Waals surface area contributed by atoms with Gasteiger partial charge in [-0.05, 0) is 50.8 Å². The van der Waals surface area contributed by atoms with Crippen molar-refractivity contribution in [1.29, 1.82) is 0 Å². The van der Waals surface area contributed by atoms with Gasteiger partial charge in [0.25, 0.3) is 0 Å². The molecule has 0 radical (unpaired) electrons. The number of aryl methyl sites for hydroxylation is 1. The number of ether oxygens (including phenoxy) is 1. The predicted molar refractivity (Wildman–Crippen MR) is 132 cm³/mol. The van der Waals surface area contributed by atoms with Gasteiger partial charge in [-0.2, -0.15) is 0 Å². The standard InChI is InChI=1S/C25H45N5O/c1-19(2)14-22(5)31-24-15-20(3)8-9-23(24)17-28-25(26-6)27-16-21(4)18-30-12-10-29(7)11-13-30/h8-9,15,19,21-22H,10-14,16-18H2,1-7H3,(H2,26,27,28). The lowest BCUT2D eigenvalue weighted by atomic mass is 10.1. The van der Waals surface area contributed by atoms with Crippen LogP contribution >= 0.6 is 0 Å². The van der Waals surface area contributed by atoms with Gasteiger partial charge in [0.2, 0.25) is 0 Å². The van der Waals surface area contributed by atoms with E-state index in [1.54, 1.807) is 0 Å². The molecule has 0 aromatic heterocycles. The van der Waals surface area contributed by atoms with Gasteiger partial charge in [-0.15, -0.1) is 0 Å². The number of nitrogens with zero attached hydrogens (tertiary/aromatic N) is 3. The Morgan fingerprint density at radius 2 is 1.81 bits per heavy atom. The lowest BCUT2D eigenvalue weighted by molar-refractivity contribution is 0.139. The minimum absolute atomic E-state index is 0.202. The molecular weight excluding hydrogens is 386 g/mol. The maximum Gasteiger partial charge on any atom is 0.191 e. The third-order valence-electron chi connectivity index (χ3n) is 5.81. The minimum Gasteiger partial charge on any atom is -0.490 e. The summed E-state index contributed by atoms with van der Waals surface area (Å²) < 4.78 is 6.28. The first-order valence-electron chi connectivity index (χ1n) is 11.9. The van der Waals surface area contributed by atoms with Gasteiger partial charge in [0.15, 0.2) is 5.96 Å². The average molecular weight is 432 g/mol. The Morgan fingerprint density at radius 1 is 1.10 bits per heavy atom. The molecule has 2 atom stereocenters. The summed E-state index contributed by atoms with van der Waals surface area (Å²) in [4.78, 5) is 9.38. The monoisotopic (exact) mass is 431 g/mol. The summed E-state index contributed by atoms with van der Waals surface area (Å²) in [5.74, 6) is 3.00. The fourth-order valence-electron chi connectivity index (χ4n) is 4.05. The van der Waals surface area contributed by atoms with Gasteiger partial charge < -0.3 is 25.2 Å². The van der Waals surface area contributed by atoms with Crippen LogP contribution in [0.15, 0.2) is 23.2 Å². The Labute approximate surface area is 190 Å². The Bertz CT molecular complexity index is 682. The molecule has 176 valence electrons. The molecule has 6 heteroatoms. The first-order valence-corrected chi connectivity index (χ1v) is 11.9. The third kappa shape index (κ3) is 9.48. The molecule has 2 unspecified atom stereocenters. The Hall–Kier alpha value is -1.79. The van der Waals surface area contributed by atoms with Gasteiger partial charge in [-0.25, -0.2) is 0 Å². The molecule has 0 spiro atoms. The molecule has 0 amide bonds. The van der Waals surface area contributed by atoms with Crippen molar-refractivity contribution in [2.75, 3.05) is 53.4 Å². The van der Waals surface area contributed by atoms with Crippen LogP contribution in [0.25, 0.3) is 0 Å². The van der Waals surface area contributed by atoms with E-state index in [1.165, 1.54) is 31.7 Å². The van der Waals surface area contributed by atoms with Crippen molar-refractivity contribution < 1.29 is 4.74 Å². The van der Waals surface area contributed by atoms with Gasteiger partial charge in [0.1, 0.15) is 5.75 Å². The molecule has 1 saturated heterocycles. The summed E-state index contributed by atoms with van der Waals surface area (Å²) in [6.07, 6.45) is 1.25. The van der Waals surface area contributed by atoms with E-state index in [0.29, 0.717) is 18.4 Å². The number of hydrogen-bond acceptors (Lipinski definition) is 4. The van der Waals surface area contributed by atoms with Gasteiger partial charge in [-0.1, -0.05) is 32.9 Å². The summed E-state index contributed by atoms with van der Waals surface area (Å²) in [6.45, 7) is 18.4. The van der Waals surface area contributed by atoms with Gasteiger partial charge in [-0.3, -0.25) is 4.99 Å². The lowest BCUT2D eigenvalue weighted by Gasteiger charge is -2.34. The second-order valence-electron chi connectivity index (χ2n) is 9.68. The van der Waals surface area contributed by atoms with Gasteiger partial charge in [0.05, 0.1) is 6.10 Å². The SMILES string of the molecule is CN=C(NCc1ccc(C)cc1OC(C)CC(C)C)NCC(C)CN1CCN(C)CC1. The highest BCUT2D eigenvalue weighted by molar-refractivity contribution is 5.79. The normalized spacial score (nSPS) is 18.1. The van der Waals surface area contributed by atoms with Crippen LogP contribution in [0, 0.1) is 18.8 Å². The maximum absolute atomic E-state index is 6.28. The molecule has 6 nitrogen and oxygen atoms in total. The van der Waals surface area contributed by atoms with Crippen LogP contribution in [0.4, 0.5) is 0 Å². The molecule has 1 heterocycles. The van der Waals surface area contributed by atoms with E-state index in [0.717, 1.165) is 36.8 Å². The van der Waals surface area contributed by atoms with E-state index in [-0.39, 0.29) is 6.10 Å². The molecule has 1 aliphatic heterocycles. The third-order valence-corrected chi connectivity index (χ3v) is 5.81. The summed E-state index contributed by atoms with van der Waals surface area (Å²) in [5.41, 5.74) is 2.38. The highest BCUT2D eigenvalue weighted by Gasteiger charge is 2.16. The maximum atomic E-state index is 6.28. The van der Waals surface area contributed by atoms with Gasteiger partial charge >= 0.3 is 0 Å². The molecule has 1 aliphatic rings. The first kappa shape index (κ1) is 25.5. The number of benzene rings is 1. The quantitative estimate of drug-likeness (QED) is 0.439. The van der Waals surface area contributed by atoms with E-state index in [2.05, 4.69) is 85.3 Å². The minimum atomic E-state index is 0.202. The summed E-state index contributed by atoms with van der Waals surface area (Å²) in [6, 6.07) is 6.44. The van der Waals surface area contributed by atoms with Crippen LogP contribution in [0.5, 0.6) is 5.75 Å². The molecule has 2 rings (SSSR count). The summed E-state index contributed by atoms with van der Waals surface area (Å²) in [7, 11) is 4.03. The van der Waals surface area contributed by atoms with E-state index in [1.807, 2.05) is 7.05 Å². The zero-order chi connectivity index (χ0) is 22.8. The van der Waals surface area contributed by atoms with Crippen molar-refractivity contribution >= 4 is 5.96 Å². The smallest absolute Gasteiger partial charge is 0.191 e. The van der Waals surface area contributed by atoms with Crippen LogP contribution in [0.2, 0.25) is 0 Å². The number of piperazine rings is 1. The molecule has 1 aromatic carbocycles. The predicted octanol–water partition coefficient (Wildman–Crippen LogP) is 3.36. The van der Waals surface area contributed by atoms with Gasteiger partial charge in [0, 0.05) is 58.4 Å². The van der Waals surface area contributed by atoms with Crippen LogP contribution in [-0.2, 0) is 6.54 Å². The first-order chi connectivity index (χ1) is 14.8. The van der Waals surface area contributed by atoms with Crippen molar-refractivity contribution in [3.05, 3.63) is 29.3 Å². The highest BCUT2D eigenvalue weighted by Crippen LogP contribution is 2.23. The van der Waals surface area contributed by atoms with Crippen molar-refractivity contribution in [3.63, 3.8) is 0 Å². The van der Waals surface area contributed by atoms with Crippen LogP contribution in [0.3, 0.4) is 0 Å². The number of guanidine groups is 1. The number of nitrogens with one attached hydrogen (secondary N) is 2. The fourth-order valence-corrected chi connectivity index (χ4v) is 4.05. The Kier molecular flexibility index (Phi) is 10.6. The molecule has 2 N–H and O–H groups in total. The number of hydrogen-bond donors (Lipinski definition) is 2. The van der Waals surface area contributed by atoms with E-state index in [9.17, 15) is 0 Å². The van der Waals surface area contributed by atoms with Crippen LogP contribution in [0.1, 0.15) is 45.2 Å². The zero-order valence-electron chi connectivity index (χ0n) is 20.9. The van der Waals surface area contributed by atoms with E-state index < -0.39 is 0 Å². The Balaban J connectivity index is 1.83. The Morgan fingerprint density at radius 3 is 2.45 bits per heavy atom. The highest BCUT2D eigenvalue weighted by atomic mass is 16.5. The van der Waals surface area contributed by atoms with Crippen LogP contribution in [-0.4, -0.2) is 75.2 Å². The van der Waals surface area contributed by atoms with Crippen molar-refractivity contribution in [2.24, 2.45) is 16.8 Å². The van der Waals surface area contributed by atoms with Crippen molar-refractivity contribution in [2.45, 2.75) is 53.7 Å².